The van der Waals surface area contributed by atoms with E-state index in [1.807, 2.05) is 26.1 Å². The number of pyridine rings is 1. The van der Waals surface area contributed by atoms with E-state index in [4.69, 9.17) is 14.7 Å². The van der Waals surface area contributed by atoms with Crippen molar-refractivity contribution in [2.75, 3.05) is 68.0 Å². The van der Waals surface area contributed by atoms with Crippen LogP contribution in [-0.2, 0) is 29.7 Å². The largest absolute Gasteiger partial charge is 0.477 e. The van der Waals surface area contributed by atoms with Crippen LogP contribution in [0.1, 0.15) is 64.6 Å². The van der Waals surface area contributed by atoms with Crippen molar-refractivity contribution in [3.8, 4) is 17.1 Å². The predicted molar refractivity (Wildman–Crippen MR) is 227 cm³/mol. The number of likely N-dealkylation sites (N-methyl/N-ethyl adjacent to an activating group) is 1. The Bertz CT molecular complexity index is 2500. The van der Waals surface area contributed by atoms with Crippen molar-refractivity contribution in [3.05, 3.63) is 77.1 Å². The standard InChI is InChI=1S/C44H51N11O5/c1-27-6-5-19-60-43-34(24-45-51(43)4)36-22-29(20-28(2)46-36)40(57)49-44-47-35-10-8-32(23-38(35)55(44)25-27)53-17-15-52(16-18-53)14-13-50(3)31-7-9-33-30(21-31)26-54(42(33)59)37-11-12-39(56)48-41(37)58/h7-10,20-24,27,37H,5-6,11-19,25-26H2,1-4H3,(H,47,49,57)(H,48,56,58)/t27-,37+/m1/s1. The van der Waals surface area contributed by atoms with E-state index in [9.17, 15) is 19.2 Å². The maximum absolute atomic E-state index is 13.9. The van der Waals surface area contributed by atoms with E-state index in [1.54, 1.807) is 27.9 Å². The Labute approximate surface area is 348 Å². The van der Waals surface area contributed by atoms with Gasteiger partial charge < -0.3 is 24.0 Å². The van der Waals surface area contributed by atoms with E-state index in [0.29, 0.717) is 60.7 Å². The summed E-state index contributed by atoms with van der Waals surface area (Å²) < 4.78 is 10.1. The van der Waals surface area contributed by atoms with Gasteiger partial charge in [-0.25, -0.2) is 9.67 Å². The Morgan fingerprint density at radius 2 is 1.77 bits per heavy atom. The fourth-order valence-corrected chi connectivity index (χ4v) is 8.92. The highest BCUT2D eigenvalue weighted by Crippen LogP contribution is 2.33. The average Bonchev–Trinajstić information content (AvgIpc) is 3.89. The van der Waals surface area contributed by atoms with Crippen LogP contribution in [0, 0.1) is 12.8 Å². The molecular formula is C44H51N11O5. The highest BCUT2D eigenvalue weighted by Gasteiger charge is 2.39. The molecule has 4 amide bonds. The molecule has 7 heterocycles. The van der Waals surface area contributed by atoms with Gasteiger partial charge in [-0.2, -0.15) is 5.10 Å². The van der Waals surface area contributed by atoms with E-state index in [0.717, 1.165) is 91.3 Å². The smallest absolute Gasteiger partial charge is 0.258 e. The molecule has 312 valence electrons. The minimum atomic E-state index is -0.622. The van der Waals surface area contributed by atoms with Crippen molar-refractivity contribution in [2.45, 2.75) is 58.7 Å². The van der Waals surface area contributed by atoms with Crippen LogP contribution in [-0.4, -0.2) is 117 Å². The molecule has 3 aromatic heterocycles. The third-order valence-electron chi connectivity index (χ3n) is 12.3. The van der Waals surface area contributed by atoms with E-state index in [1.165, 1.54) is 0 Å². The molecule has 2 saturated heterocycles. The summed E-state index contributed by atoms with van der Waals surface area (Å²) in [5.74, 6) is 0.358. The van der Waals surface area contributed by atoms with Gasteiger partial charge in [-0.1, -0.05) is 6.92 Å². The number of anilines is 3. The second-order valence-corrected chi connectivity index (χ2v) is 16.6. The summed E-state index contributed by atoms with van der Waals surface area (Å²) in [5.41, 5.74) is 8.09. The van der Waals surface area contributed by atoms with Crippen LogP contribution in [0.4, 0.5) is 17.3 Å². The van der Waals surface area contributed by atoms with Crippen LogP contribution >= 0.6 is 0 Å². The molecule has 0 aliphatic carbocycles. The van der Waals surface area contributed by atoms with Gasteiger partial charge >= 0.3 is 0 Å². The average molecular weight is 814 g/mol. The quantitative estimate of drug-likeness (QED) is 0.236. The van der Waals surface area contributed by atoms with Gasteiger partial charge in [0.2, 0.25) is 23.6 Å². The molecule has 0 saturated carbocycles. The van der Waals surface area contributed by atoms with Crippen molar-refractivity contribution < 1.29 is 23.9 Å². The number of ether oxygens (including phenoxy) is 1. The molecule has 5 aromatic rings. The van der Waals surface area contributed by atoms with E-state index in [-0.39, 0.29) is 24.1 Å². The maximum atomic E-state index is 13.9. The number of aromatic nitrogens is 5. The zero-order chi connectivity index (χ0) is 41.7. The fraction of sp³-hybridized carbons (Fsp3) is 0.432. The van der Waals surface area contributed by atoms with Crippen LogP contribution in [0.2, 0.25) is 0 Å². The van der Waals surface area contributed by atoms with Crippen molar-refractivity contribution in [2.24, 2.45) is 13.0 Å². The lowest BCUT2D eigenvalue weighted by Crippen LogP contribution is -2.52. The summed E-state index contributed by atoms with van der Waals surface area (Å²) >= 11 is 0. The van der Waals surface area contributed by atoms with Gasteiger partial charge in [0.05, 0.1) is 35.1 Å². The Hall–Kier alpha value is -6.29. The van der Waals surface area contributed by atoms with Gasteiger partial charge in [-0.15, -0.1) is 0 Å². The first-order valence-corrected chi connectivity index (χ1v) is 20.9. The molecule has 16 heteroatoms. The van der Waals surface area contributed by atoms with E-state index >= 15 is 0 Å². The number of nitrogens with zero attached hydrogens (tertiary/aromatic N) is 9. The number of hydrogen-bond donors (Lipinski definition) is 2. The van der Waals surface area contributed by atoms with Crippen molar-refractivity contribution in [3.63, 3.8) is 0 Å². The second-order valence-electron chi connectivity index (χ2n) is 16.6. The Kier molecular flexibility index (Phi) is 10.5. The number of imidazole rings is 1. The Morgan fingerprint density at radius 1 is 0.933 bits per heavy atom. The number of carbonyl (C=O) groups is 4. The van der Waals surface area contributed by atoms with E-state index < -0.39 is 11.9 Å². The van der Waals surface area contributed by atoms with Gasteiger partial charge in [0.1, 0.15) is 6.04 Å². The van der Waals surface area contributed by atoms with Crippen molar-refractivity contribution in [1.82, 2.24) is 39.4 Å². The summed E-state index contributed by atoms with van der Waals surface area (Å²) in [6, 6.07) is 15.2. The van der Waals surface area contributed by atoms with Crippen LogP contribution in [0.3, 0.4) is 0 Å². The lowest BCUT2D eigenvalue weighted by Gasteiger charge is -2.37. The number of imide groups is 1. The Balaban J connectivity index is 0.858. The SMILES string of the molecule is Cc1cc2cc(n1)-c1cnn(C)c1OCCC[C@@H](C)Cn1c(nc3ccc(N4CCN(CCN(C)c5ccc6c(c5)CN([C@H]5CCC(=O)NC5=O)C6=O)CC4)cc31)NC2=O. The summed E-state index contributed by atoms with van der Waals surface area (Å²) in [4.78, 5) is 69.6. The number of rotatable bonds is 6. The minimum Gasteiger partial charge on any atom is -0.477 e. The lowest BCUT2D eigenvalue weighted by molar-refractivity contribution is -0.136. The van der Waals surface area contributed by atoms with Gasteiger partial charge in [-0.3, -0.25) is 39.7 Å². The molecule has 0 spiro atoms. The number of hydrogen-bond acceptors (Lipinski definition) is 11. The molecule has 16 nitrogen and oxygen atoms in total. The number of benzene rings is 2. The number of fused-ring (bicyclic) bond motifs is 8. The van der Waals surface area contributed by atoms with Crippen LogP contribution in [0.15, 0.2) is 54.7 Å². The molecule has 0 radical (unpaired) electrons. The van der Waals surface area contributed by atoms with Crippen molar-refractivity contribution in [1.29, 1.82) is 0 Å². The Morgan fingerprint density at radius 3 is 2.58 bits per heavy atom. The zero-order valence-corrected chi connectivity index (χ0v) is 34.6. The summed E-state index contributed by atoms with van der Waals surface area (Å²) in [7, 11) is 3.92. The summed E-state index contributed by atoms with van der Waals surface area (Å²) in [6.45, 7) is 11.0. The minimum absolute atomic E-state index is 0.159. The van der Waals surface area contributed by atoms with Gasteiger partial charge in [-0.05, 0) is 86.2 Å². The van der Waals surface area contributed by atoms with Gasteiger partial charge in [0, 0.05) is 101 Å². The molecule has 2 bridgehead atoms. The maximum Gasteiger partial charge on any atom is 0.258 e. The van der Waals surface area contributed by atoms with E-state index in [2.05, 4.69) is 73.2 Å². The van der Waals surface area contributed by atoms with Gasteiger partial charge in [0.25, 0.3) is 11.8 Å². The number of carbonyl (C=O) groups excluding carboxylic acids is 4. The molecule has 2 atom stereocenters. The molecule has 9 rings (SSSR count). The monoisotopic (exact) mass is 813 g/mol. The highest BCUT2D eigenvalue weighted by molar-refractivity contribution is 6.06. The number of nitrogens with one attached hydrogen (secondary N) is 2. The molecule has 2 aromatic carbocycles. The predicted octanol–water partition coefficient (Wildman–Crippen LogP) is 4.22. The molecule has 4 aliphatic rings. The topological polar surface area (TPSA) is 163 Å². The molecular weight excluding hydrogens is 763 g/mol. The first-order chi connectivity index (χ1) is 29.0. The third-order valence-corrected chi connectivity index (χ3v) is 12.3. The normalized spacial score (nSPS) is 20.1. The molecule has 4 aliphatic heterocycles. The number of piperazine rings is 1. The molecule has 2 fully saturated rings. The lowest BCUT2D eigenvalue weighted by atomic mass is 10.0. The second kappa shape index (κ2) is 16.0. The van der Waals surface area contributed by atoms with Crippen LogP contribution < -0.4 is 25.2 Å². The molecule has 0 unspecified atom stereocenters. The number of piperidine rings is 1. The first kappa shape index (κ1) is 39.2. The van der Waals surface area contributed by atoms with Crippen LogP contribution in [0.25, 0.3) is 22.3 Å². The number of amides is 4. The summed E-state index contributed by atoms with van der Waals surface area (Å²) in [6.07, 6.45) is 4.11. The van der Waals surface area contributed by atoms with Gasteiger partial charge in [0.15, 0.2) is 0 Å². The molecule has 60 heavy (non-hydrogen) atoms. The fourth-order valence-electron chi connectivity index (χ4n) is 8.92. The number of aryl methyl sites for hydroxylation is 2. The summed E-state index contributed by atoms with van der Waals surface area (Å²) in [5, 5.41) is 9.93. The first-order valence-electron chi connectivity index (χ1n) is 20.9. The highest BCUT2D eigenvalue weighted by atomic mass is 16.5. The van der Waals surface area contributed by atoms with Crippen molar-refractivity contribution >= 4 is 52.0 Å². The zero-order valence-electron chi connectivity index (χ0n) is 34.6. The third kappa shape index (κ3) is 7.67. The van der Waals surface area contributed by atoms with Crippen LogP contribution in [0.5, 0.6) is 5.88 Å². The molecule has 2 N–H and O–H groups in total.